The fourth-order valence-corrected chi connectivity index (χ4v) is 4.79. The Hall–Kier alpha value is -1.81. The molecule has 0 aliphatic carbocycles. The smallest absolute Gasteiger partial charge is 0.194 e. The van der Waals surface area contributed by atoms with Gasteiger partial charge >= 0.3 is 0 Å². The van der Waals surface area contributed by atoms with Crippen LogP contribution >= 0.6 is 11.3 Å². The number of thiazole rings is 1. The van der Waals surface area contributed by atoms with Crippen molar-refractivity contribution in [2.24, 2.45) is 0 Å². The predicted octanol–water partition coefficient (Wildman–Crippen LogP) is 8.32. The maximum Gasteiger partial charge on any atom is 0.194 e. The third kappa shape index (κ3) is 7.16. The molecule has 0 fully saturated rings. The van der Waals surface area contributed by atoms with E-state index >= 15 is 0 Å². The van der Waals surface area contributed by atoms with Crippen LogP contribution in [0.4, 0.5) is 0 Å². The van der Waals surface area contributed by atoms with Gasteiger partial charge in [0.15, 0.2) is 4.96 Å². The minimum Gasteiger partial charge on any atom is -0.494 e. The summed E-state index contributed by atoms with van der Waals surface area (Å²) in [4.78, 5) is 7.19. The summed E-state index contributed by atoms with van der Waals surface area (Å²) in [6, 6.07) is 8.51. The summed E-state index contributed by atoms with van der Waals surface area (Å²) in [5.41, 5.74) is 2.46. The Morgan fingerprint density at radius 2 is 1.47 bits per heavy atom. The first-order valence-corrected chi connectivity index (χ1v) is 12.8. The number of fused-ring (bicyclic) bond motifs is 1. The van der Waals surface area contributed by atoms with E-state index in [0.29, 0.717) is 0 Å². The van der Waals surface area contributed by atoms with Crippen molar-refractivity contribution in [2.75, 3.05) is 6.61 Å². The van der Waals surface area contributed by atoms with Crippen LogP contribution in [-0.4, -0.2) is 16.0 Å². The van der Waals surface area contributed by atoms with Crippen LogP contribution in [0.2, 0.25) is 0 Å². The molecule has 0 N–H and O–H groups in total. The maximum absolute atomic E-state index is 5.89. The van der Waals surface area contributed by atoms with Gasteiger partial charge in [-0.1, -0.05) is 83.0 Å². The fraction of sp³-hybridized carbons (Fsp3) is 0.577. The summed E-state index contributed by atoms with van der Waals surface area (Å²) in [5.74, 6) is 0.969. The van der Waals surface area contributed by atoms with Gasteiger partial charge in [-0.15, -0.1) is 0 Å². The molecule has 4 heteroatoms. The second-order valence-corrected chi connectivity index (χ2v) is 9.33. The molecule has 0 saturated heterocycles. The van der Waals surface area contributed by atoms with Gasteiger partial charge in [-0.2, -0.15) is 0 Å². The Morgan fingerprint density at radius 3 is 2.17 bits per heavy atom. The van der Waals surface area contributed by atoms with E-state index in [1.54, 1.807) is 11.3 Å². The van der Waals surface area contributed by atoms with Gasteiger partial charge in [-0.05, 0) is 49.1 Å². The van der Waals surface area contributed by atoms with E-state index in [4.69, 9.17) is 9.72 Å². The topological polar surface area (TPSA) is 26.5 Å². The van der Waals surface area contributed by atoms with E-state index in [0.717, 1.165) is 30.2 Å². The molecular weight excluding hydrogens is 388 g/mol. The molecule has 1 aromatic carbocycles. The Bertz CT molecular complexity index is 818. The number of aromatic nitrogens is 2. The van der Waals surface area contributed by atoms with Crippen molar-refractivity contribution in [1.82, 2.24) is 9.38 Å². The van der Waals surface area contributed by atoms with Gasteiger partial charge < -0.3 is 4.74 Å². The molecular formula is C26H38N2OS. The van der Waals surface area contributed by atoms with Crippen LogP contribution < -0.4 is 4.74 Å². The van der Waals surface area contributed by atoms with Crippen molar-refractivity contribution in [1.29, 1.82) is 0 Å². The molecule has 0 radical (unpaired) electrons. The average molecular weight is 427 g/mol. The molecule has 2 heterocycles. The van der Waals surface area contributed by atoms with Crippen LogP contribution in [0, 0.1) is 0 Å². The first-order valence-electron chi connectivity index (χ1n) is 12.0. The highest BCUT2D eigenvalue weighted by atomic mass is 32.1. The van der Waals surface area contributed by atoms with Crippen molar-refractivity contribution in [3.05, 3.63) is 42.4 Å². The Balaban J connectivity index is 1.45. The number of imidazole rings is 1. The number of nitrogens with zero attached hydrogens (tertiary/aromatic N) is 2. The molecule has 3 rings (SSSR count). The normalized spacial score (nSPS) is 11.4. The van der Waals surface area contributed by atoms with E-state index in [9.17, 15) is 0 Å². The number of aryl methyl sites for hydroxylation is 1. The second-order valence-electron chi connectivity index (χ2n) is 8.32. The fourth-order valence-electron chi connectivity index (χ4n) is 3.80. The standard InChI is InChI=1S/C26H38N2OS/c1-3-5-7-9-10-12-14-23-20-28-21-25(30-26(28)27-23)22-15-17-24(18-16-22)29-19-13-11-8-6-4-2/h15-18,20-21H,3-14,19H2,1-2H3. The number of ether oxygens (including phenoxy) is 1. The van der Waals surface area contributed by atoms with E-state index < -0.39 is 0 Å². The molecule has 3 nitrogen and oxygen atoms in total. The van der Waals surface area contributed by atoms with Crippen molar-refractivity contribution >= 4 is 16.3 Å². The lowest BCUT2D eigenvalue weighted by Gasteiger charge is -2.06. The zero-order valence-corrected chi connectivity index (χ0v) is 19.7. The number of hydrogen-bond donors (Lipinski definition) is 0. The maximum atomic E-state index is 5.89. The minimum atomic E-state index is 0.817. The van der Waals surface area contributed by atoms with Gasteiger partial charge in [0.05, 0.1) is 17.2 Å². The second kappa shape index (κ2) is 12.8. The summed E-state index contributed by atoms with van der Waals surface area (Å²) < 4.78 is 8.08. The van der Waals surface area contributed by atoms with Gasteiger partial charge in [0.25, 0.3) is 0 Å². The molecule has 0 saturated carbocycles. The lowest BCUT2D eigenvalue weighted by Crippen LogP contribution is -1.97. The predicted molar refractivity (Wildman–Crippen MR) is 130 cm³/mol. The summed E-state index contributed by atoms with van der Waals surface area (Å²) in [7, 11) is 0. The molecule has 0 aliphatic rings. The van der Waals surface area contributed by atoms with Crippen molar-refractivity contribution in [3.63, 3.8) is 0 Å². The van der Waals surface area contributed by atoms with Gasteiger partial charge in [-0.3, -0.25) is 4.40 Å². The van der Waals surface area contributed by atoms with Gasteiger partial charge in [-0.25, -0.2) is 4.98 Å². The molecule has 0 aliphatic heterocycles. The number of hydrogen-bond acceptors (Lipinski definition) is 3. The molecule has 0 bridgehead atoms. The van der Waals surface area contributed by atoms with E-state index in [2.05, 4.69) is 54.9 Å². The molecule has 0 amide bonds. The van der Waals surface area contributed by atoms with Crippen LogP contribution in [0.5, 0.6) is 5.75 Å². The molecule has 0 atom stereocenters. The van der Waals surface area contributed by atoms with Gasteiger partial charge in [0.1, 0.15) is 5.75 Å². The SMILES string of the molecule is CCCCCCCCc1cn2cc(-c3ccc(OCCCCCCC)cc3)sc2n1. The van der Waals surface area contributed by atoms with Crippen LogP contribution in [-0.2, 0) is 6.42 Å². The van der Waals surface area contributed by atoms with Crippen LogP contribution in [0.25, 0.3) is 15.4 Å². The van der Waals surface area contributed by atoms with Crippen LogP contribution in [0.1, 0.15) is 90.2 Å². The number of benzene rings is 1. The summed E-state index contributed by atoms with van der Waals surface area (Å²) >= 11 is 1.77. The highest BCUT2D eigenvalue weighted by molar-refractivity contribution is 7.20. The van der Waals surface area contributed by atoms with Crippen molar-refractivity contribution in [2.45, 2.75) is 90.9 Å². The number of rotatable bonds is 15. The third-order valence-electron chi connectivity index (χ3n) is 5.65. The van der Waals surface area contributed by atoms with Crippen LogP contribution in [0.15, 0.2) is 36.7 Å². The molecule has 0 unspecified atom stereocenters. The highest BCUT2D eigenvalue weighted by Gasteiger charge is 2.08. The van der Waals surface area contributed by atoms with E-state index in [-0.39, 0.29) is 0 Å². The van der Waals surface area contributed by atoms with Gasteiger partial charge in [0.2, 0.25) is 0 Å². The van der Waals surface area contributed by atoms with Crippen molar-refractivity contribution < 1.29 is 4.74 Å². The third-order valence-corrected chi connectivity index (χ3v) is 6.69. The summed E-state index contributed by atoms with van der Waals surface area (Å²) in [6.07, 6.45) is 19.9. The summed E-state index contributed by atoms with van der Waals surface area (Å²) in [6.45, 7) is 5.33. The Labute approximate surface area is 186 Å². The van der Waals surface area contributed by atoms with E-state index in [1.807, 2.05) is 0 Å². The molecule has 0 spiro atoms. The first kappa shape index (κ1) is 22.9. The Kier molecular flexibility index (Phi) is 9.75. The van der Waals surface area contributed by atoms with Crippen molar-refractivity contribution in [3.8, 4) is 16.2 Å². The molecule has 2 aromatic heterocycles. The van der Waals surface area contributed by atoms with Gasteiger partial charge in [0, 0.05) is 12.4 Å². The van der Waals surface area contributed by atoms with E-state index in [1.165, 1.54) is 80.3 Å². The molecule has 3 aromatic rings. The monoisotopic (exact) mass is 426 g/mol. The largest absolute Gasteiger partial charge is 0.494 e. The highest BCUT2D eigenvalue weighted by Crippen LogP contribution is 2.30. The quantitative estimate of drug-likeness (QED) is 0.228. The lowest BCUT2D eigenvalue weighted by molar-refractivity contribution is 0.304. The summed E-state index contributed by atoms with van der Waals surface area (Å²) in [5, 5.41) is 0. The average Bonchev–Trinajstić information content (AvgIpc) is 3.32. The lowest BCUT2D eigenvalue weighted by atomic mass is 10.1. The minimum absolute atomic E-state index is 0.817. The zero-order valence-electron chi connectivity index (χ0n) is 18.9. The zero-order chi connectivity index (χ0) is 21.0. The molecule has 164 valence electrons. The Morgan fingerprint density at radius 1 is 0.800 bits per heavy atom. The van der Waals surface area contributed by atoms with Crippen LogP contribution in [0.3, 0.4) is 0 Å². The molecule has 30 heavy (non-hydrogen) atoms. The first-order chi connectivity index (χ1) is 14.8. The number of unbranched alkanes of at least 4 members (excludes halogenated alkanes) is 9.